The molecule has 0 amide bonds. The molecule has 2 aromatic heterocycles. The Hall–Kier alpha value is -2.03. The molecule has 10 heteroatoms. The second kappa shape index (κ2) is 6.82. The van der Waals surface area contributed by atoms with Crippen molar-refractivity contribution in [3.63, 3.8) is 0 Å². The van der Waals surface area contributed by atoms with Gasteiger partial charge in [0.1, 0.15) is 0 Å². The molecule has 0 aromatic carbocycles. The Morgan fingerprint density at radius 3 is 2.09 bits per heavy atom. The molecule has 0 atom stereocenters. The predicted octanol–water partition coefficient (Wildman–Crippen LogP) is 3.96. The van der Waals surface area contributed by atoms with Gasteiger partial charge in [-0.15, -0.1) is 12.4 Å². The Morgan fingerprint density at radius 1 is 1.05 bits per heavy atom. The molecule has 0 saturated carbocycles. The van der Waals surface area contributed by atoms with Crippen LogP contribution < -0.4 is 5.32 Å². The zero-order valence-corrected chi connectivity index (χ0v) is 11.8. The van der Waals surface area contributed by atoms with Crippen LogP contribution in [-0.4, -0.2) is 22.0 Å². The first-order valence-electron chi connectivity index (χ1n) is 5.68. The highest BCUT2D eigenvalue weighted by atomic mass is 35.5. The third kappa shape index (κ3) is 3.79. The maximum absolute atomic E-state index is 12.7. The molecule has 0 radical (unpaired) electrons. The largest absolute Gasteiger partial charge is 0.451 e. The summed E-state index contributed by atoms with van der Waals surface area (Å²) in [6, 6.07) is 1.30. The number of pyridine rings is 1. The molecule has 120 valence electrons. The van der Waals surface area contributed by atoms with Crippen molar-refractivity contribution >= 4 is 18.1 Å². The van der Waals surface area contributed by atoms with Crippen molar-refractivity contribution in [2.24, 2.45) is 0 Å². The number of rotatable bonds is 3. The molecule has 0 aliphatic rings. The highest BCUT2D eigenvalue weighted by Crippen LogP contribution is 2.30. The molecule has 0 aliphatic heterocycles. The number of alkyl halides is 5. The molecule has 0 bridgehead atoms. The van der Waals surface area contributed by atoms with Crippen molar-refractivity contribution in [3.05, 3.63) is 36.0 Å². The molecule has 1 N–H and O–H groups in total. The second-order valence-electron chi connectivity index (χ2n) is 4.00. The third-order valence-electron chi connectivity index (χ3n) is 2.64. The highest BCUT2D eigenvalue weighted by molar-refractivity contribution is 5.85. The van der Waals surface area contributed by atoms with Gasteiger partial charge < -0.3 is 5.32 Å². The normalized spacial score (nSPS) is 11.2. The standard InChI is InChI=1S/C12H9F5N4.ClH/c1-18-9-2-8(19-5-7(9)10(13)14)6-3-20-11(21-4-6)12(15,16)17;/h2-5,10H,1H3,(H,18,19);1H. The van der Waals surface area contributed by atoms with Crippen LogP contribution in [0, 0.1) is 0 Å². The summed E-state index contributed by atoms with van der Waals surface area (Å²) in [5.41, 5.74) is 0.224. The molecule has 0 spiro atoms. The van der Waals surface area contributed by atoms with Crippen LogP contribution in [0.1, 0.15) is 17.8 Å². The van der Waals surface area contributed by atoms with E-state index >= 15 is 0 Å². The van der Waals surface area contributed by atoms with Gasteiger partial charge in [-0.3, -0.25) is 4.98 Å². The fourth-order valence-electron chi connectivity index (χ4n) is 1.62. The van der Waals surface area contributed by atoms with Crippen molar-refractivity contribution in [2.75, 3.05) is 12.4 Å². The summed E-state index contributed by atoms with van der Waals surface area (Å²) in [4.78, 5) is 10.2. The van der Waals surface area contributed by atoms with Gasteiger partial charge in [-0.25, -0.2) is 18.7 Å². The van der Waals surface area contributed by atoms with Gasteiger partial charge in [0.05, 0.1) is 11.3 Å². The zero-order valence-electron chi connectivity index (χ0n) is 11.0. The lowest BCUT2D eigenvalue weighted by atomic mass is 10.1. The van der Waals surface area contributed by atoms with Crippen molar-refractivity contribution < 1.29 is 22.0 Å². The third-order valence-corrected chi connectivity index (χ3v) is 2.64. The van der Waals surface area contributed by atoms with Gasteiger partial charge in [0, 0.05) is 36.9 Å². The average Bonchev–Trinajstić information content (AvgIpc) is 2.45. The van der Waals surface area contributed by atoms with Crippen LogP contribution in [0.15, 0.2) is 24.7 Å². The molecular weight excluding hydrogens is 331 g/mol. The lowest BCUT2D eigenvalue weighted by Crippen LogP contribution is -2.10. The summed E-state index contributed by atoms with van der Waals surface area (Å²) in [7, 11) is 1.45. The van der Waals surface area contributed by atoms with Crippen LogP contribution >= 0.6 is 12.4 Å². The highest BCUT2D eigenvalue weighted by Gasteiger charge is 2.34. The number of aromatic nitrogens is 3. The number of nitrogens with one attached hydrogen (secondary N) is 1. The van der Waals surface area contributed by atoms with Crippen LogP contribution in [0.2, 0.25) is 0 Å². The molecule has 2 rings (SSSR count). The molecule has 2 aromatic rings. The summed E-state index contributed by atoms with van der Waals surface area (Å²) < 4.78 is 62.5. The van der Waals surface area contributed by atoms with Crippen molar-refractivity contribution in [3.8, 4) is 11.3 Å². The van der Waals surface area contributed by atoms with Gasteiger partial charge in [-0.1, -0.05) is 0 Å². The second-order valence-corrected chi connectivity index (χ2v) is 4.00. The van der Waals surface area contributed by atoms with Gasteiger partial charge >= 0.3 is 6.18 Å². The molecule has 0 aliphatic carbocycles. The van der Waals surface area contributed by atoms with E-state index in [4.69, 9.17) is 0 Å². The minimum atomic E-state index is -4.64. The zero-order chi connectivity index (χ0) is 15.6. The quantitative estimate of drug-likeness (QED) is 0.859. The van der Waals surface area contributed by atoms with Crippen LogP contribution in [0.25, 0.3) is 11.3 Å². The van der Waals surface area contributed by atoms with Crippen LogP contribution in [0.5, 0.6) is 0 Å². The van der Waals surface area contributed by atoms with E-state index in [-0.39, 0.29) is 34.9 Å². The SMILES string of the molecule is CNc1cc(-c2cnc(C(F)(F)F)nc2)ncc1C(F)F.Cl. The van der Waals surface area contributed by atoms with Gasteiger partial charge in [-0.05, 0) is 6.07 Å². The van der Waals surface area contributed by atoms with E-state index in [2.05, 4.69) is 20.3 Å². The minimum absolute atomic E-state index is 0. The monoisotopic (exact) mass is 340 g/mol. The first-order chi connectivity index (χ1) is 9.82. The van der Waals surface area contributed by atoms with Crippen LogP contribution in [0.3, 0.4) is 0 Å². The fraction of sp³-hybridized carbons (Fsp3) is 0.250. The number of anilines is 1. The smallest absolute Gasteiger partial charge is 0.388 e. The Bertz CT molecular complexity index is 630. The van der Waals surface area contributed by atoms with Crippen LogP contribution in [-0.2, 0) is 6.18 Å². The summed E-state index contributed by atoms with van der Waals surface area (Å²) in [5, 5.41) is 2.58. The maximum Gasteiger partial charge on any atom is 0.451 e. The van der Waals surface area contributed by atoms with Gasteiger partial charge in [0.15, 0.2) is 0 Å². The van der Waals surface area contributed by atoms with Gasteiger partial charge in [-0.2, -0.15) is 13.2 Å². The van der Waals surface area contributed by atoms with E-state index in [1.165, 1.54) is 13.1 Å². The van der Waals surface area contributed by atoms with E-state index in [1.54, 1.807) is 0 Å². The van der Waals surface area contributed by atoms with E-state index in [9.17, 15) is 22.0 Å². The first-order valence-corrected chi connectivity index (χ1v) is 5.68. The van der Waals surface area contributed by atoms with Crippen molar-refractivity contribution in [1.29, 1.82) is 0 Å². The minimum Gasteiger partial charge on any atom is -0.388 e. The lowest BCUT2D eigenvalue weighted by Gasteiger charge is -2.10. The van der Waals surface area contributed by atoms with Gasteiger partial charge in [0.25, 0.3) is 6.43 Å². The summed E-state index contributed by atoms with van der Waals surface area (Å²) in [5.74, 6) is -1.27. The Kier molecular flexibility index (Phi) is 5.59. The Balaban J connectivity index is 0.00000242. The average molecular weight is 341 g/mol. The summed E-state index contributed by atoms with van der Waals surface area (Å²) >= 11 is 0. The molecule has 0 fully saturated rings. The van der Waals surface area contributed by atoms with E-state index in [1.807, 2.05) is 0 Å². The lowest BCUT2D eigenvalue weighted by molar-refractivity contribution is -0.144. The Labute approximate surface area is 128 Å². The van der Waals surface area contributed by atoms with Crippen LogP contribution in [0.4, 0.5) is 27.6 Å². The topological polar surface area (TPSA) is 50.7 Å². The predicted molar refractivity (Wildman–Crippen MR) is 72.0 cm³/mol. The van der Waals surface area contributed by atoms with Gasteiger partial charge in [0.2, 0.25) is 5.82 Å². The van der Waals surface area contributed by atoms with E-state index < -0.39 is 18.4 Å². The number of hydrogen-bond acceptors (Lipinski definition) is 4. The molecule has 2 heterocycles. The fourth-order valence-corrected chi connectivity index (χ4v) is 1.62. The summed E-state index contributed by atoms with van der Waals surface area (Å²) in [6.45, 7) is 0. The Morgan fingerprint density at radius 2 is 1.64 bits per heavy atom. The summed E-state index contributed by atoms with van der Waals surface area (Å²) in [6.07, 6.45) is -4.50. The first kappa shape index (κ1) is 18.0. The van der Waals surface area contributed by atoms with E-state index in [0.717, 1.165) is 18.6 Å². The van der Waals surface area contributed by atoms with Crippen molar-refractivity contribution in [2.45, 2.75) is 12.6 Å². The van der Waals surface area contributed by atoms with E-state index in [0.29, 0.717) is 0 Å². The molecule has 22 heavy (non-hydrogen) atoms. The molecular formula is C12H10ClF5N4. The molecule has 0 saturated heterocycles. The molecule has 0 unspecified atom stereocenters. The van der Waals surface area contributed by atoms with Crippen molar-refractivity contribution in [1.82, 2.24) is 15.0 Å². The number of halogens is 6. The number of hydrogen-bond donors (Lipinski definition) is 1. The molecule has 4 nitrogen and oxygen atoms in total. The number of nitrogens with zero attached hydrogens (tertiary/aromatic N) is 3. The maximum atomic E-state index is 12.7.